The topological polar surface area (TPSA) is 113 Å². The first-order chi connectivity index (χ1) is 18.7. The molecule has 0 radical (unpaired) electrons. The summed E-state index contributed by atoms with van der Waals surface area (Å²) in [6.45, 7) is 0.692. The van der Waals surface area contributed by atoms with Gasteiger partial charge in [0.15, 0.2) is 11.0 Å². The first-order valence-corrected chi connectivity index (χ1v) is 13.6. The van der Waals surface area contributed by atoms with Crippen molar-refractivity contribution >= 4 is 29.0 Å². The van der Waals surface area contributed by atoms with Crippen LogP contribution in [0.2, 0.25) is 0 Å². The highest BCUT2D eigenvalue weighted by molar-refractivity contribution is 7.98. The maximum atomic E-state index is 13.2. The third kappa shape index (κ3) is 5.94. The smallest absolute Gasteiger partial charge is 0.273 e. The van der Waals surface area contributed by atoms with E-state index in [1.165, 1.54) is 23.1 Å². The number of nitrogens with zero attached hydrogens (tertiary/aromatic N) is 8. The second-order valence-electron chi connectivity index (χ2n) is 8.12. The zero-order valence-corrected chi connectivity index (χ0v) is 21.8. The standard InChI is InChI=1S/C27H22N8OS2/c28-11-5-15-34(17-20-6-4-12-30-16-20)26(36)23-18-37-24(31-23)19-38-27-33-32-25(21-9-13-29-14-10-21)35(27)22-7-2-1-3-8-22/h1-4,6-10,12-14,16,18H,5,15,17,19H2. The Morgan fingerprint density at radius 2 is 1.87 bits per heavy atom. The number of hydrogen-bond donors (Lipinski definition) is 0. The number of amides is 1. The third-order valence-electron chi connectivity index (χ3n) is 5.56. The molecule has 0 N–H and O–H groups in total. The monoisotopic (exact) mass is 538 g/mol. The SMILES string of the molecule is N#CCCN(Cc1cccnc1)C(=O)c1csc(CSc2nnc(-c3ccncc3)n2-c2ccccc2)n1. The van der Waals surface area contributed by atoms with Gasteiger partial charge in [-0.25, -0.2) is 4.98 Å². The fourth-order valence-electron chi connectivity index (χ4n) is 3.77. The van der Waals surface area contributed by atoms with E-state index in [9.17, 15) is 4.79 Å². The second kappa shape index (κ2) is 12.2. The molecule has 5 aromatic rings. The number of benzene rings is 1. The number of para-hydroxylation sites is 1. The molecule has 0 atom stereocenters. The van der Waals surface area contributed by atoms with E-state index in [4.69, 9.17) is 5.26 Å². The molecule has 0 bridgehead atoms. The molecule has 1 aromatic carbocycles. The summed E-state index contributed by atoms with van der Waals surface area (Å²) in [5, 5.41) is 21.3. The molecule has 0 aliphatic carbocycles. The number of aromatic nitrogens is 6. The van der Waals surface area contributed by atoms with Crippen LogP contribution in [-0.4, -0.2) is 47.1 Å². The maximum absolute atomic E-state index is 13.2. The van der Waals surface area contributed by atoms with E-state index in [2.05, 4.69) is 31.2 Å². The Morgan fingerprint density at radius 3 is 2.63 bits per heavy atom. The van der Waals surface area contributed by atoms with Crippen LogP contribution in [-0.2, 0) is 12.3 Å². The van der Waals surface area contributed by atoms with Crippen molar-refractivity contribution in [2.75, 3.05) is 6.54 Å². The van der Waals surface area contributed by atoms with Crippen LogP contribution in [0.15, 0.2) is 89.9 Å². The highest BCUT2D eigenvalue weighted by Gasteiger charge is 2.21. The number of nitriles is 1. The van der Waals surface area contributed by atoms with Gasteiger partial charge in [0.2, 0.25) is 0 Å². The largest absolute Gasteiger partial charge is 0.332 e. The van der Waals surface area contributed by atoms with Crippen molar-refractivity contribution in [1.82, 2.24) is 34.6 Å². The third-order valence-corrected chi connectivity index (χ3v) is 7.53. The Labute approximate surface area is 227 Å². The predicted octanol–water partition coefficient (Wildman–Crippen LogP) is 5.03. The number of thioether (sulfide) groups is 1. The molecule has 0 saturated carbocycles. The van der Waals surface area contributed by atoms with E-state index in [-0.39, 0.29) is 12.3 Å². The van der Waals surface area contributed by atoms with Crippen LogP contribution < -0.4 is 0 Å². The Morgan fingerprint density at radius 1 is 1.03 bits per heavy atom. The molecule has 0 saturated heterocycles. The molecule has 0 fully saturated rings. The Bertz CT molecular complexity index is 1530. The minimum absolute atomic E-state index is 0.205. The van der Waals surface area contributed by atoms with Gasteiger partial charge in [0.1, 0.15) is 10.7 Å². The summed E-state index contributed by atoms with van der Waals surface area (Å²) in [6, 6.07) is 19.6. The number of pyridine rings is 2. The van der Waals surface area contributed by atoms with E-state index in [0.29, 0.717) is 24.5 Å². The molecular weight excluding hydrogens is 516 g/mol. The van der Waals surface area contributed by atoms with Crippen LogP contribution in [0.4, 0.5) is 0 Å². The minimum Gasteiger partial charge on any atom is -0.332 e. The number of rotatable bonds is 10. The molecule has 1 amide bonds. The summed E-state index contributed by atoms with van der Waals surface area (Å²) in [5.41, 5.74) is 3.13. The van der Waals surface area contributed by atoms with E-state index in [1.807, 2.05) is 59.2 Å². The number of thiazole rings is 1. The molecule has 0 aliphatic heterocycles. The first-order valence-electron chi connectivity index (χ1n) is 11.8. The van der Waals surface area contributed by atoms with Crippen LogP contribution in [0.1, 0.15) is 27.5 Å². The minimum atomic E-state index is -0.205. The molecule has 38 heavy (non-hydrogen) atoms. The van der Waals surface area contributed by atoms with Gasteiger partial charge < -0.3 is 4.90 Å². The maximum Gasteiger partial charge on any atom is 0.273 e. The van der Waals surface area contributed by atoms with Gasteiger partial charge in [-0.2, -0.15) is 5.26 Å². The van der Waals surface area contributed by atoms with E-state index in [1.54, 1.807) is 35.1 Å². The Kier molecular flexibility index (Phi) is 8.13. The van der Waals surface area contributed by atoms with Crippen LogP contribution in [0.3, 0.4) is 0 Å². The number of carbonyl (C=O) groups is 1. The lowest BCUT2D eigenvalue weighted by molar-refractivity contribution is 0.0741. The summed E-state index contributed by atoms with van der Waals surface area (Å²) in [5.74, 6) is 1.05. The van der Waals surface area contributed by atoms with Crippen molar-refractivity contribution in [2.24, 2.45) is 0 Å². The summed E-state index contributed by atoms with van der Waals surface area (Å²) < 4.78 is 2.01. The fraction of sp³-hybridized carbons (Fsp3) is 0.148. The van der Waals surface area contributed by atoms with Crippen LogP contribution >= 0.6 is 23.1 Å². The van der Waals surface area contributed by atoms with Crippen LogP contribution in [0.25, 0.3) is 17.1 Å². The van der Waals surface area contributed by atoms with Gasteiger partial charge in [-0.05, 0) is 35.9 Å². The Hall–Kier alpha value is -4.40. The van der Waals surface area contributed by atoms with E-state index >= 15 is 0 Å². The van der Waals surface area contributed by atoms with Crippen molar-refractivity contribution < 1.29 is 4.79 Å². The second-order valence-corrected chi connectivity index (χ2v) is 10.0. The van der Waals surface area contributed by atoms with Gasteiger partial charge in [0, 0.05) is 54.5 Å². The van der Waals surface area contributed by atoms with Gasteiger partial charge in [-0.1, -0.05) is 36.0 Å². The van der Waals surface area contributed by atoms with Crippen molar-refractivity contribution in [3.8, 4) is 23.1 Å². The Balaban J connectivity index is 1.34. The highest BCUT2D eigenvalue weighted by atomic mass is 32.2. The van der Waals surface area contributed by atoms with Gasteiger partial charge in [-0.3, -0.25) is 19.3 Å². The fourth-order valence-corrected chi connectivity index (χ4v) is 5.51. The number of carbonyl (C=O) groups excluding carboxylic acids is 1. The zero-order valence-electron chi connectivity index (χ0n) is 20.2. The van der Waals surface area contributed by atoms with Crippen molar-refractivity contribution in [3.63, 3.8) is 0 Å². The average Bonchev–Trinajstić information content (AvgIpc) is 3.63. The molecule has 4 heterocycles. The van der Waals surface area contributed by atoms with E-state index in [0.717, 1.165) is 32.8 Å². The molecular formula is C27H22N8OS2. The van der Waals surface area contributed by atoms with Crippen molar-refractivity contribution in [3.05, 3.63) is 101 Å². The lowest BCUT2D eigenvalue weighted by Crippen LogP contribution is -2.31. The van der Waals surface area contributed by atoms with Gasteiger partial charge >= 0.3 is 0 Å². The lowest BCUT2D eigenvalue weighted by Gasteiger charge is -2.20. The first kappa shape index (κ1) is 25.3. The molecule has 11 heteroatoms. The van der Waals surface area contributed by atoms with Crippen LogP contribution in [0.5, 0.6) is 0 Å². The normalized spacial score (nSPS) is 10.7. The predicted molar refractivity (Wildman–Crippen MR) is 145 cm³/mol. The molecule has 188 valence electrons. The summed E-state index contributed by atoms with van der Waals surface area (Å²) in [4.78, 5) is 27.7. The summed E-state index contributed by atoms with van der Waals surface area (Å²) in [7, 11) is 0. The molecule has 5 rings (SSSR count). The molecule has 0 spiro atoms. The van der Waals surface area contributed by atoms with E-state index < -0.39 is 0 Å². The van der Waals surface area contributed by atoms with Gasteiger partial charge in [0.05, 0.1) is 18.2 Å². The summed E-state index contributed by atoms with van der Waals surface area (Å²) in [6.07, 6.45) is 7.11. The lowest BCUT2D eigenvalue weighted by atomic mass is 10.2. The van der Waals surface area contributed by atoms with Gasteiger partial charge in [-0.15, -0.1) is 21.5 Å². The highest BCUT2D eigenvalue weighted by Crippen LogP contribution is 2.30. The zero-order chi connectivity index (χ0) is 26.2. The quantitative estimate of drug-likeness (QED) is 0.228. The van der Waals surface area contributed by atoms with Crippen molar-refractivity contribution in [1.29, 1.82) is 5.26 Å². The molecule has 0 unspecified atom stereocenters. The molecule has 0 aliphatic rings. The van der Waals surface area contributed by atoms with Crippen LogP contribution in [0, 0.1) is 11.3 Å². The van der Waals surface area contributed by atoms with Crippen molar-refractivity contribution in [2.45, 2.75) is 23.9 Å². The summed E-state index contributed by atoms with van der Waals surface area (Å²) >= 11 is 2.93. The van der Waals surface area contributed by atoms with Gasteiger partial charge in [0.25, 0.3) is 5.91 Å². The number of hydrogen-bond acceptors (Lipinski definition) is 9. The molecule has 4 aromatic heterocycles. The molecule has 9 nitrogen and oxygen atoms in total. The average molecular weight is 539 g/mol.